The molecule has 0 atom stereocenters. The van der Waals surface area contributed by atoms with Crippen LogP contribution in [0.4, 0.5) is 5.69 Å². The van der Waals surface area contributed by atoms with Crippen molar-refractivity contribution in [2.24, 2.45) is 0 Å². The summed E-state index contributed by atoms with van der Waals surface area (Å²) < 4.78 is 12.4. The summed E-state index contributed by atoms with van der Waals surface area (Å²) in [4.78, 5) is 20.2. The largest absolute Gasteiger partial charge is 0.494 e. The molecule has 6 nitrogen and oxygen atoms in total. The van der Waals surface area contributed by atoms with Gasteiger partial charge in [0.2, 0.25) is 0 Å². The Kier molecular flexibility index (Phi) is 12.5. The molecule has 0 spiro atoms. The number of likely N-dealkylation sites (N-methyl/N-ethyl adjacent to an activating group) is 1. The number of ether oxygens (including phenoxy) is 2. The number of rotatable bonds is 9. The fraction of sp³-hybridized carbons (Fsp3) is 0.290. The Morgan fingerprint density at radius 2 is 1.44 bits per heavy atom. The van der Waals surface area contributed by atoms with Crippen molar-refractivity contribution in [1.82, 2.24) is 9.80 Å². The van der Waals surface area contributed by atoms with Crippen molar-refractivity contribution in [1.29, 1.82) is 0 Å². The fourth-order valence-electron chi connectivity index (χ4n) is 4.46. The van der Waals surface area contributed by atoms with Crippen molar-refractivity contribution in [2.75, 3.05) is 51.3 Å². The standard InChI is InChI=1S/C31H33N3O3S2.2ClH/c1-23-4-10-27(11-5-23)37-28-12-6-24(7-13-28)22-29-30(35)34(31(38)39-29)25-8-14-26(15-9-25)36-21-3-16-33-19-17-32(2)18-20-33;;/h4-15,22H,3,16-21H2,1-2H3;2*1H/b29-22-;;. The van der Waals surface area contributed by atoms with Crippen LogP contribution >= 0.6 is 48.8 Å². The summed E-state index contributed by atoms with van der Waals surface area (Å²) in [5.74, 6) is 2.21. The van der Waals surface area contributed by atoms with E-state index < -0.39 is 0 Å². The van der Waals surface area contributed by atoms with Crippen molar-refractivity contribution in [3.63, 3.8) is 0 Å². The maximum atomic E-state index is 13.2. The third-order valence-corrected chi connectivity index (χ3v) is 8.11. The number of hydrogen-bond donors (Lipinski definition) is 0. The van der Waals surface area contributed by atoms with Gasteiger partial charge in [-0.15, -0.1) is 24.8 Å². The Morgan fingerprint density at radius 3 is 2.07 bits per heavy atom. The van der Waals surface area contributed by atoms with Gasteiger partial charge >= 0.3 is 0 Å². The zero-order valence-electron chi connectivity index (χ0n) is 23.2. The summed E-state index contributed by atoms with van der Waals surface area (Å²) in [6, 6.07) is 23.2. The summed E-state index contributed by atoms with van der Waals surface area (Å²) in [6.45, 7) is 8.27. The minimum absolute atomic E-state index is 0. The molecule has 2 aliphatic rings. The third kappa shape index (κ3) is 8.95. The summed E-state index contributed by atoms with van der Waals surface area (Å²) in [7, 11) is 2.17. The lowest BCUT2D eigenvalue weighted by Gasteiger charge is -2.32. The topological polar surface area (TPSA) is 45.3 Å². The monoisotopic (exact) mass is 631 g/mol. The number of hydrogen-bond acceptors (Lipinski definition) is 7. The van der Waals surface area contributed by atoms with Gasteiger partial charge in [-0.05, 0) is 80.6 Å². The minimum atomic E-state index is -0.120. The Bertz CT molecular complexity index is 1330. The van der Waals surface area contributed by atoms with Crippen LogP contribution in [-0.4, -0.2) is 66.4 Å². The first-order chi connectivity index (χ1) is 18.9. The van der Waals surface area contributed by atoms with Crippen LogP contribution in [0.15, 0.2) is 77.7 Å². The molecule has 3 aromatic carbocycles. The number of aryl methyl sites for hydroxylation is 1. The van der Waals surface area contributed by atoms with E-state index in [1.165, 1.54) is 17.3 Å². The van der Waals surface area contributed by atoms with Gasteiger partial charge in [-0.25, -0.2) is 0 Å². The minimum Gasteiger partial charge on any atom is -0.494 e. The van der Waals surface area contributed by atoms with E-state index in [9.17, 15) is 4.79 Å². The molecule has 1 amide bonds. The number of amides is 1. The first kappa shape index (κ1) is 32.9. The third-order valence-electron chi connectivity index (χ3n) is 6.81. The molecule has 0 bridgehead atoms. The van der Waals surface area contributed by atoms with E-state index in [0.717, 1.165) is 67.6 Å². The lowest BCUT2D eigenvalue weighted by atomic mass is 10.2. The van der Waals surface area contributed by atoms with Crippen LogP contribution in [-0.2, 0) is 4.79 Å². The molecule has 2 fully saturated rings. The number of carbonyl (C=O) groups excluding carboxylic acids is 1. The highest BCUT2D eigenvalue weighted by atomic mass is 35.5. The normalized spacial score (nSPS) is 16.8. The Labute approximate surface area is 264 Å². The van der Waals surface area contributed by atoms with Crippen LogP contribution in [0.1, 0.15) is 17.5 Å². The Hall–Kier alpha value is -2.59. The maximum Gasteiger partial charge on any atom is 0.270 e. The van der Waals surface area contributed by atoms with Gasteiger partial charge in [0.15, 0.2) is 4.32 Å². The molecular formula is C31H35Cl2N3O3S2. The van der Waals surface area contributed by atoms with Gasteiger partial charge < -0.3 is 19.3 Å². The van der Waals surface area contributed by atoms with E-state index in [0.29, 0.717) is 15.8 Å². The number of nitrogens with zero attached hydrogens (tertiary/aromatic N) is 3. The first-order valence-corrected chi connectivity index (χ1v) is 14.4. The Balaban J connectivity index is 0.00000231. The van der Waals surface area contributed by atoms with Gasteiger partial charge in [-0.3, -0.25) is 9.69 Å². The van der Waals surface area contributed by atoms with Crippen molar-refractivity contribution in [3.8, 4) is 17.2 Å². The van der Waals surface area contributed by atoms with E-state index in [2.05, 4.69) is 16.8 Å². The van der Waals surface area contributed by atoms with E-state index >= 15 is 0 Å². The second-order valence-electron chi connectivity index (χ2n) is 9.84. The summed E-state index contributed by atoms with van der Waals surface area (Å²) in [5, 5.41) is 0. The van der Waals surface area contributed by atoms with E-state index in [1.54, 1.807) is 4.90 Å². The van der Waals surface area contributed by atoms with Crippen LogP contribution in [0.5, 0.6) is 17.2 Å². The van der Waals surface area contributed by atoms with Gasteiger partial charge in [0.1, 0.15) is 17.2 Å². The highest BCUT2D eigenvalue weighted by molar-refractivity contribution is 8.27. The Morgan fingerprint density at radius 1 is 0.854 bits per heavy atom. The predicted octanol–water partition coefficient (Wildman–Crippen LogP) is 7.05. The smallest absolute Gasteiger partial charge is 0.270 e. The van der Waals surface area contributed by atoms with E-state index in [1.807, 2.05) is 85.8 Å². The lowest BCUT2D eigenvalue weighted by Crippen LogP contribution is -2.44. The SMILES string of the molecule is Cc1ccc(Oc2ccc(/C=C3\SC(=S)N(c4ccc(OCCCN5CCN(C)CC5)cc4)C3=O)cc2)cc1.Cl.Cl. The van der Waals surface area contributed by atoms with Gasteiger partial charge in [0.25, 0.3) is 5.91 Å². The fourth-order valence-corrected chi connectivity index (χ4v) is 5.76. The lowest BCUT2D eigenvalue weighted by molar-refractivity contribution is -0.113. The molecule has 5 rings (SSSR count). The molecule has 0 saturated carbocycles. The van der Waals surface area contributed by atoms with Crippen LogP contribution < -0.4 is 14.4 Å². The van der Waals surface area contributed by atoms with Crippen molar-refractivity contribution in [3.05, 3.63) is 88.8 Å². The quantitative estimate of drug-likeness (QED) is 0.142. The summed E-state index contributed by atoms with van der Waals surface area (Å²) in [6.07, 6.45) is 2.86. The molecule has 0 aliphatic carbocycles. The second kappa shape index (κ2) is 15.6. The molecule has 3 aromatic rings. The van der Waals surface area contributed by atoms with E-state index in [4.69, 9.17) is 21.7 Å². The number of piperazine rings is 1. The molecule has 41 heavy (non-hydrogen) atoms. The van der Waals surface area contributed by atoms with Crippen LogP contribution in [0.3, 0.4) is 0 Å². The van der Waals surface area contributed by atoms with Gasteiger partial charge in [-0.2, -0.15) is 0 Å². The molecule has 0 radical (unpaired) electrons. The molecule has 2 heterocycles. The predicted molar refractivity (Wildman–Crippen MR) is 178 cm³/mol. The zero-order valence-corrected chi connectivity index (χ0v) is 26.4. The number of thioether (sulfide) groups is 1. The summed E-state index contributed by atoms with van der Waals surface area (Å²) >= 11 is 6.86. The van der Waals surface area contributed by atoms with Crippen LogP contribution in [0, 0.1) is 6.92 Å². The van der Waals surface area contributed by atoms with Gasteiger partial charge in [0.05, 0.1) is 17.2 Å². The molecular weight excluding hydrogens is 597 g/mol. The number of benzene rings is 3. The van der Waals surface area contributed by atoms with Gasteiger partial charge in [-0.1, -0.05) is 53.8 Å². The maximum absolute atomic E-state index is 13.2. The number of anilines is 1. The zero-order chi connectivity index (χ0) is 27.2. The second-order valence-corrected chi connectivity index (χ2v) is 11.5. The molecule has 0 N–H and O–H groups in total. The molecule has 0 unspecified atom stereocenters. The first-order valence-electron chi connectivity index (χ1n) is 13.2. The van der Waals surface area contributed by atoms with Crippen LogP contribution in [0.25, 0.3) is 6.08 Å². The molecule has 2 saturated heterocycles. The highest BCUT2D eigenvalue weighted by Crippen LogP contribution is 2.36. The molecule has 0 aromatic heterocycles. The molecule has 2 aliphatic heterocycles. The average molecular weight is 633 g/mol. The number of halogens is 2. The van der Waals surface area contributed by atoms with Crippen LogP contribution in [0.2, 0.25) is 0 Å². The average Bonchev–Trinajstić information content (AvgIpc) is 3.22. The van der Waals surface area contributed by atoms with E-state index in [-0.39, 0.29) is 30.7 Å². The van der Waals surface area contributed by atoms with Crippen molar-refractivity contribution < 1.29 is 14.3 Å². The molecule has 10 heteroatoms. The van der Waals surface area contributed by atoms with Gasteiger partial charge in [0, 0.05) is 32.7 Å². The van der Waals surface area contributed by atoms with Crippen molar-refractivity contribution >= 4 is 70.8 Å². The number of carbonyl (C=O) groups is 1. The van der Waals surface area contributed by atoms with Crippen molar-refractivity contribution in [2.45, 2.75) is 13.3 Å². The molecule has 218 valence electrons. The number of thiocarbonyl (C=S) groups is 1. The summed E-state index contributed by atoms with van der Waals surface area (Å²) in [5.41, 5.74) is 2.84. The highest BCUT2D eigenvalue weighted by Gasteiger charge is 2.33.